The molecule has 0 aromatic carbocycles. The number of H-pyrrole nitrogens is 2. The topological polar surface area (TPSA) is 65.7 Å². The molecule has 0 saturated heterocycles. The van der Waals surface area contributed by atoms with E-state index in [4.69, 9.17) is 0 Å². The molecule has 2 rings (SSSR count). The van der Waals surface area contributed by atoms with Crippen LogP contribution in [0.15, 0.2) is 36.7 Å². The fourth-order valence-electron chi connectivity index (χ4n) is 1.70. The predicted octanol–water partition coefficient (Wildman–Crippen LogP) is 1.63. The molecular weight excluding hydrogens is 204 g/mol. The van der Waals surface area contributed by atoms with Crippen LogP contribution >= 0.6 is 0 Å². The second-order valence-electron chi connectivity index (χ2n) is 3.60. The van der Waals surface area contributed by atoms with E-state index in [-0.39, 0.29) is 0 Å². The van der Waals surface area contributed by atoms with E-state index in [1.54, 1.807) is 36.7 Å². The molecule has 2 N–H and O–H groups in total. The fourth-order valence-corrected chi connectivity index (χ4v) is 1.70. The summed E-state index contributed by atoms with van der Waals surface area (Å²) in [7, 11) is 0. The van der Waals surface area contributed by atoms with Gasteiger partial charge in [0.05, 0.1) is 0 Å². The maximum Gasteiger partial charge on any atom is 0.212 e. The number of carbonyl (C=O) groups is 2. The summed E-state index contributed by atoms with van der Waals surface area (Å²) in [6.07, 6.45) is 3.47. The maximum atomic E-state index is 11.9. The van der Waals surface area contributed by atoms with Crippen LogP contribution in [-0.2, 0) is 9.59 Å². The molecule has 0 atom stereocenters. The fraction of sp³-hybridized carbons (Fsp3) is 0.167. The molecule has 82 valence electrons. The third kappa shape index (κ3) is 1.82. The van der Waals surface area contributed by atoms with E-state index >= 15 is 0 Å². The zero-order chi connectivity index (χ0) is 11.5. The summed E-state index contributed by atoms with van der Waals surface area (Å²) in [5.41, 5.74) is 1.45. The number of rotatable bonds is 4. The molecule has 0 fully saturated rings. The molecule has 0 aliphatic heterocycles. The summed E-state index contributed by atoms with van der Waals surface area (Å²) >= 11 is 0. The molecule has 4 nitrogen and oxygen atoms in total. The van der Waals surface area contributed by atoms with Gasteiger partial charge in [-0.2, -0.15) is 0 Å². The van der Waals surface area contributed by atoms with Crippen LogP contribution in [0.5, 0.6) is 0 Å². The minimum Gasteiger partial charge on any atom is -0.364 e. The Bertz CT molecular complexity index is 449. The zero-order valence-electron chi connectivity index (χ0n) is 8.86. The standard InChI is InChI=1S/C12H12N2O2/c1-8(15)12(16)11(9-4-2-6-13-9)10-5-3-7-14-10/h2-7,11,13-14H,1H3. The first-order chi connectivity index (χ1) is 7.70. The van der Waals surface area contributed by atoms with E-state index < -0.39 is 17.5 Å². The molecule has 16 heavy (non-hydrogen) atoms. The van der Waals surface area contributed by atoms with Gasteiger partial charge in [0.2, 0.25) is 5.78 Å². The van der Waals surface area contributed by atoms with E-state index in [0.717, 1.165) is 11.4 Å². The quantitative estimate of drug-likeness (QED) is 0.763. The summed E-state index contributed by atoms with van der Waals surface area (Å²) < 4.78 is 0. The molecule has 0 bridgehead atoms. The summed E-state index contributed by atoms with van der Waals surface area (Å²) in [4.78, 5) is 29.0. The molecule has 2 aromatic rings. The molecule has 4 heteroatoms. The van der Waals surface area contributed by atoms with Crippen molar-refractivity contribution in [1.29, 1.82) is 0 Å². The number of hydrogen-bond acceptors (Lipinski definition) is 2. The first-order valence-corrected chi connectivity index (χ1v) is 5.01. The van der Waals surface area contributed by atoms with Gasteiger partial charge in [-0.25, -0.2) is 0 Å². The van der Waals surface area contributed by atoms with Crippen molar-refractivity contribution in [3.8, 4) is 0 Å². The molecule has 0 aliphatic carbocycles. The monoisotopic (exact) mass is 216 g/mol. The first kappa shape index (κ1) is 10.4. The summed E-state index contributed by atoms with van der Waals surface area (Å²) in [6.45, 7) is 1.29. The average molecular weight is 216 g/mol. The Morgan fingerprint density at radius 1 is 1.06 bits per heavy atom. The SMILES string of the molecule is CC(=O)C(=O)C(c1ccc[nH]1)c1ccc[nH]1. The van der Waals surface area contributed by atoms with Crippen molar-refractivity contribution in [2.45, 2.75) is 12.8 Å². The van der Waals surface area contributed by atoms with Crippen molar-refractivity contribution in [2.75, 3.05) is 0 Å². The third-order valence-electron chi connectivity index (χ3n) is 2.48. The van der Waals surface area contributed by atoms with Crippen LogP contribution in [0.25, 0.3) is 0 Å². The van der Waals surface area contributed by atoms with Gasteiger partial charge in [-0.3, -0.25) is 9.59 Å². The smallest absolute Gasteiger partial charge is 0.212 e. The van der Waals surface area contributed by atoms with Gasteiger partial charge in [0.15, 0.2) is 5.78 Å². The van der Waals surface area contributed by atoms with Crippen LogP contribution in [0.1, 0.15) is 24.2 Å². The van der Waals surface area contributed by atoms with Crippen molar-refractivity contribution >= 4 is 11.6 Å². The Kier molecular flexibility index (Phi) is 2.72. The van der Waals surface area contributed by atoms with E-state index in [2.05, 4.69) is 9.97 Å². The highest BCUT2D eigenvalue weighted by Gasteiger charge is 2.27. The lowest BCUT2D eigenvalue weighted by Gasteiger charge is -2.11. The zero-order valence-corrected chi connectivity index (χ0v) is 8.86. The highest BCUT2D eigenvalue weighted by molar-refractivity contribution is 6.38. The van der Waals surface area contributed by atoms with Gasteiger partial charge in [0, 0.05) is 30.7 Å². The van der Waals surface area contributed by atoms with Gasteiger partial charge in [-0.05, 0) is 24.3 Å². The van der Waals surface area contributed by atoms with E-state index in [9.17, 15) is 9.59 Å². The van der Waals surface area contributed by atoms with Gasteiger partial charge in [-0.15, -0.1) is 0 Å². The molecular formula is C12H12N2O2. The van der Waals surface area contributed by atoms with Crippen molar-refractivity contribution < 1.29 is 9.59 Å². The van der Waals surface area contributed by atoms with Gasteiger partial charge < -0.3 is 9.97 Å². The Morgan fingerprint density at radius 3 is 1.88 bits per heavy atom. The van der Waals surface area contributed by atoms with Crippen molar-refractivity contribution in [3.05, 3.63) is 48.0 Å². The van der Waals surface area contributed by atoms with Crippen molar-refractivity contribution in [2.24, 2.45) is 0 Å². The predicted molar refractivity (Wildman–Crippen MR) is 59.1 cm³/mol. The van der Waals surface area contributed by atoms with Crippen LogP contribution < -0.4 is 0 Å². The number of aromatic nitrogens is 2. The molecule has 0 amide bonds. The van der Waals surface area contributed by atoms with Gasteiger partial charge in [-0.1, -0.05) is 0 Å². The third-order valence-corrected chi connectivity index (χ3v) is 2.48. The molecule has 0 saturated carbocycles. The lowest BCUT2D eigenvalue weighted by Crippen LogP contribution is -2.21. The molecule has 0 spiro atoms. The van der Waals surface area contributed by atoms with E-state index in [1.807, 2.05) is 0 Å². The number of Topliss-reactive ketones (excluding diaryl/α,β-unsaturated/α-hetero) is 2. The lowest BCUT2D eigenvalue weighted by molar-refractivity contribution is -0.135. The second-order valence-corrected chi connectivity index (χ2v) is 3.60. The van der Waals surface area contributed by atoms with Gasteiger partial charge >= 0.3 is 0 Å². The lowest BCUT2D eigenvalue weighted by atomic mass is 9.94. The van der Waals surface area contributed by atoms with E-state index in [1.165, 1.54) is 6.92 Å². The van der Waals surface area contributed by atoms with Crippen LogP contribution in [0.3, 0.4) is 0 Å². The molecule has 0 aliphatic rings. The number of nitrogens with one attached hydrogen (secondary N) is 2. The average Bonchev–Trinajstić information content (AvgIpc) is 2.89. The minimum atomic E-state index is -0.553. The number of ketones is 2. The van der Waals surface area contributed by atoms with Crippen LogP contribution in [0.4, 0.5) is 0 Å². The van der Waals surface area contributed by atoms with Crippen molar-refractivity contribution in [1.82, 2.24) is 9.97 Å². The number of aromatic amines is 2. The maximum absolute atomic E-state index is 11.9. The van der Waals surface area contributed by atoms with Gasteiger partial charge in [0.25, 0.3) is 0 Å². The Balaban J connectivity index is 2.42. The summed E-state index contributed by atoms with van der Waals surface area (Å²) in [5, 5.41) is 0. The minimum absolute atomic E-state index is 0.412. The summed E-state index contributed by atoms with van der Waals surface area (Å²) in [6, 6.07) is 7.20. The summed E-state index contributed by atoms with van der Waals surface area (Å²) in [5.74, 6) is -1.40. The molecule has 2 heterocycles. The largest absolute Gasteiger partial charge is 0.364 e. The Hall–Kier alpha value is -2.10. The number of hydrogen-bond donors (Lipinski definition) is 2. The second kappa shape index (κ2) is 4.18. The molecule has 0 unspecified atom stereocenters. The van der Waals surface area contributed by atoms with Crippen molar-refractivity contribution in [3.63, 3.8) is 0 Å². The van der Waals surface area contributed by atoms with Crippen LogP contribution in [0, 0.1) is 0 Å². The van der Waals surface area contributed by atoms with Gasteiger partial charge in [0.1, 0.15) is 5.92 Å². The normalized spacial score (nSPS) is 10.6. The van der Waals surface area contributed by atoms with E-state index in [0.29, 0.717) is 0 Å². The first-order valence-electron chi connectivity index (χ1n) is 5.01. The van der Waals surface area contributed by atoms with Crippen LogP contribution in [-0.4, -0.2) is 21.5 Å². The number of carbonyl (C=O) groups excluding carboxylic acids is 2. The Morgan fingerprint density at radius 2 is 1.56 bits per heavy atom. The van der Waals surface area contributed by atoms with Crippen LogP contribution in [0.2, 0.25) is 0 Å². The molecule has 2 aromatic heterocycles. The highest BCUT2D eigenvalue weighted by Crippen LogP contribution is 2.23. The highest BCUT2D eigenvalue weighted by atomic mass is 16.2. The Labute approximate surface area is 92.7 Å². The molecule has 0 radical (unpaired) electrons.